The molecule has 3 heteroatoms. The minimum Gasteiger partial charge on any atom is -0.248 e. The molecule has 280 valence electrons. The smallest absolute Gasteiger partial charge is 0.160 e. The Balaban J connectivity index is 0.969. The molecule has 0 aliphatic heterocycles. The van der Waals surface area contributed by atoms with Crippen LogP contribution in [0, 0.1) is 0 Å². The Morgan fingerprint density at radius 2 is 0.661 bits per heavy atom. The molecule has 3 nitrogen and oxygen atoms in total. The Bertz CT molecular complexity index is 2880. The molecule has 0 atom stereocenters. The summed E-state index contributed by atoms with van der Waals surface area (Å²) >= 11 is 0. The van der Waals surface area contributed by atoms with E-state index in [2.05, 4.69) is 202 Å². The van der Waals surface area contributed by atoms with Gasteiger partial charge < -0.3 is 0 Å². The third-order valence-electron chi connectivity index (χ3n) is 11.6. The fourth-order valence-electron chi connectivity index (χ4n) is 8.06. The predicted molar refractivity (Wildman–Crippen MR) is 246 cm³/mol. The fraction of sp³-hybridized carbons (Fsp3) is 0.0536. The average Bonchev–Trinajstić information content (AvgIpc) is 3.31. The van der Waals surface area contributed by atoms with E-state index in [0.29, 0.717) is 5.82 Å². The van der Waals surface area contributed by atoms with Gasteiger partial charge in [0.1, 0.15) is 0 Å². The van der Waals surface area contributed by atoms with Crippen molar-refractivity contribution in [3.05, 3.63) is 223 Å². The highest BCUT2D eigenvalue weighted by molar-refractivity contribution is 5.89. The molecule has 0 N–H and O–H groups in total. The van der Waals surface area contributed by atoms with Gasteiger partial charge in [0.25, 0.3) is 0 Å². The molecule has 10 rings (SSSR count). The van der Waals surface area contributed by atoms with Crippen LogP contribution in [0.25, 0.3) is 89.1 Å². The fourth-order valence-corrected chi connectivity index (χ4v) is 8.06. The maximum atomic E-state index is 5.20. The Kier molecular flexibility index (Phi) is 9.19. The van der Waals surface area contributed by atoms with E-state index in [-0.39, 0.29) is 5.41 Å². The van der Waals surface area contributed by atoms with Gasteiger partial charge in [0, 0.05) is 33.2 Å². The van der Waals surface area contributed by atoms with Crippen molar-refractivity contribution in [3.63, 3.8) is 0 Å². The molecule has 2 aromatic heterocycles. The summed E-state index contributed by atoms with van der Waals surface area (Å²) in [6.07, 6.45) is 0. The van der Waals surface area contributed by atoms with Crippen LogP contribution in [0.5, 0.6) is 0 Å². The van der Waals surface area contributed by atoms with Gasteiger partial charge in [0.15, 0.2) is 5.82 Å². The average molecular weight is 756 g/mol. The lowest BCUT2D eigenvalue weighted by Crippen LogP contribution is -2.18. The van der Waals surface area contributed by atoms with E-state index >= 15 is 0 Å². The lowest BCUT2D eigenvalue weighted by molar-refractivity contribution is 0.641. The number of hydrogen-bond acceptors (Lipinski definition) is 3. The van der Waals surface area contributed by atoms with Gasteiger partial charge in [-0.3, -0.25) is 0 Å². The van der Waals surface area contributed by atoms with Crippen molar-refractivity contribution in [1.29, 1.82) is 0 Å². The quantitative estimate of drug-likeness (QED) is 0.155. The summed E-state index contributed by atoms with van der Waals surface area (Å²) in [6, 6.07) is 75.2. The van der Waals surface area contributed by atoms with Crippen molar-refractivity contribution in [3.8, 4) is 67.5 Å². The zero-order valence-corrected chi connectivity index (χ0v) is 33.0. The second-order valence-corrected chi connectivity index (χ2v) is 15.7. The van der Waals surface area contributed by atoms with Gasteiger partial charge >= 0.3 is 0 Å². The first-order valence-electron chi connectivity index (χ1n) is 20.2. The molecule has 0 saturated heterocycles. The van der Waals surface area contributed by atoms with Crippen LogP contribution in [0.2, 0.25) is 0 Å². The summed E-state index contributed by atoms with van der Waals surface area (Å²) in [5.74, 6) is 0.712. The van der Waals surface area contributed by atoms with Gasteiger partial charge in [0.05, 0.1) is 22.8 Å². The second-order valence-electron chi connectivity index (χ2n) is 15.7. The number of nitrogens with zero attached hydrogens (tertiary/aromatic N) is 3. The molecule has 0 aliphatic rings. The van der Waals surface area contributed by atoms with E-state index in [1.807, 2.05) is 24.3 Å². The predicted octanol–water partition coefficient (Wildman–Crippen LogP) is 14.5. The van der Waals surface area contributed by atoms with Crippen LogP contribution in [0.15, 0.2) is 212 Å². The van der Waals surface area contributed by atoms with E-state index in [0.717, 1.165) is 56.2 Å². The highest BCUT2D eigenvalue weighted by atomic mass is 14.9. The first kappa shape index (κ1) is 35.9. The van der Waals surface area contributed by atoms with Gasteiger partial charge in [-0.25, -0.2) is 15.0 Å². The molecule has 0 radical (unpaired) electrons. The number of hydrogen-bond donors (Lipinski definition) is 0. The van der Waals surface area contributed by atoms with Crippen LogP contribution in [0.4, 0.5) is 0 Å². The van der Waals surface area contributed by atoms with Crippen molar-refractivity contribution in [2.45, 2.75) is 19.3 Å². The Hall–Kier alpha value is -7.49. The molecule has 0 fully saturated rings. The van der Waals surface area contributed by atoms with Gasteiger partial charge in [-0.1, -0.05) is 196 Å². The highest BCUT2D eigenvalue weighted by Crippen LogP contribution is 2.37. The maximum Gasteiger partial charge on any atom is 0.160 e. The van der Waals surface area contributed by atoms with Crippen LogP contribution in [-0.4, -0.2) is 15.0 Å². The van der Waals surface area contributed by atoms with E-state index in [1.165, 1.54) is 38.2 Å². The minimum atomic E-state index is -0.246. The lowest BCUT2D eigenvalue weighted by atomic mass is 9.77. The minimum absolute atomic E-state index is 0.246. The molecule has 0 spiro atoms. The van der Waals surface area contributed by atoms with Gasteiger partial charge in [-0.15, -0.1) is 0 Å². The van der Waals surface area contributed by atoms with Crippen molar-refractivity contribution >= 4 is 21.5 Å². The number of benzene rings is 8. The number of fused-ring (bicyclic) bond motifs is 2. The van der Waals surface area contributed by atoms with Crippen LogP contribution in [0.3, 0.4) is 0 Å². The summed E-state index contributed by atoms with van der Waals surface area (Å²) in [5.41, 5.74) is 13.5. The molecule has 0 amide bonds. The molecule has 8 aromatic carbocycles. The van der Waals surface area contributed by atoms with Gasteiger partial charge in [-0.2, -0.15) is 0 Å². The molecular weight excluding hydrogens is 715 g/mol. The van der Waals surface area contributed by atoms with E-state index in [4.69, 9.17) is 15.0 Å². The zero-order chi connectivity index (χ0) is 39.8. The van der Waals surface area contributed by atoms with Crippen LogP contribution < -0.4 is 0 Å². The first-order valence-corrected chi connectivity index (χ1v) is 20.2. The molecular formula is C56H41N3. The summed E-state index contributed by atoms with van der Waals surface area (Å²) in [6.45, 7) is 4.58. The second kappa shape index (κ2) is 15.1. The first-order chi connectivity index (χ1) is 28.9. The third-order valence-corrected chi connectivity index (χ3v) is 11.6. The van der Waals surface area contributed by atoms with Crippen LogP contribution >= 0.6 is 0 Å². The normalized spacial score (nSPS) is 11.6. The summed E-state index contributed by atoms with van der Waals surface area (Å²) < 4.78 is 0. The van der Waals surface area contributed by atoms with E-state index in [9.17, 15) is 0 Å². The molecule has 0 aliphatic carbocycles. The zero-order valence-electron chi connectivity index (χ0n) is 33.0. The molecule has 0 bridgehead atoms. The standard InChI is InChI=1S/C56H41N3/c1-56(2,49-29-25-41(26-30-49)52-36-48(35-51(57-52)40-15-5-3-6-16-40)46-23-21-38-13-9-11-19-44(38)33-46)50-31-27-42(28-32-50)53-37-54(59-55(58-53)43-17-7-4-8-18-43)47-24-22-39-14-10-12-20-45(39)34-47/h3-37H,1-2H3. The van der Waals surface area contributed by atoms with Gasteiger partial charge in [0.2, 0.25) is 0 Å². The number of pyridine rings is 1. The van der Waals surface area contributed by atoms with Gasteiger partial charge in [-0.05, 0) is 74.1 Å². The lowest BCUT2D eigenvalue weighted by Gasteiger charge is -2.26. The molecule has 2 heterocycles. The largest absolute Gasteiger partial charge is 0.248 e. The van der Waals surface area contributed by atoms with Crippen molar-refractivity contribution in [2.75, 3.05) is 0 Å². The monoisotopic (exact) mass is 755 g/mol. The number of rotatable bonds is 8. The third kappa shape index (κ3) is 7.20. The van der Waals surface area contributed by atoms with Crippen molar-refractivity contribution < 1.29 is 0 Å². The summed E-state index contributed by atoms with van der Waals surface area (Å²) in [4.78, 5) is 15.4. The topological polar surface area (TPSA) is 38.7 Å². The maximum absolute atomic E-state index is 5.20. The van der Waals surface area contributed by atoms with E-state index in [1.54, 1.807) is 0 Å². The highest BCUT2D eigenvalue weighted by Gasteiger charge is 2.24. The Morgan fingerprint density at radius 3 is 1.20 bits per heavy atom. The Labute approximate surface area is 345 Å². The van der Waals surface area contributed by atoms with Crippen LogP contribution in [0.1, 0.15) is 25.0 Å². The van der Waals surface area contributed by atoms with Crippen molar-refractivity contribution in [1.82, 2.24) is 15.0 Å². The van der Waals surface area contributed by atoms with E-state index < -0.39 is 0 Å². The van der Waals surface area contributed by atoms with Crippen molar-refractivity contribution in [2.24, 2.45) is 0 Å². The molecule has 0 saturated carbocycles. The summed E-state index contributed by atoms with van der Waals surface area (Å²) in [5, 5.41) is 4.86. The summed E-state index contributed by atoms with van der Waals surface area (Å²) in [7, 11) is 0. The molecule has 10 aromatic rings. The SMILES string of the molecule is CC(C)(c1ccc(-c2cc(-c3ccc4ccccc4c3)cc(-c3ccccc3)n2)cc1)c1ccc(-c2cc(-c3ccc4ccccc4c3)nc(-c3ccccc3)n2)cc1. The van der Waals surface area contributed by atoms with Crippen LogP contribution in [-0.2, 0) is 5.41 Å². The molecule has 0 unspecified atom stereocenters. The Morgan fingerprint density at radius 1 is 0.271 bits per heavy atom. The molecule has 59 heavy (non-hydrogen) atoms. The number of aromatic nitrogens is 3.